The zero-order valence-corrected chi connectivity index (χ0v) is 10.9. The molecule has 104 valence electrons. The fourth-order valence-electron chi connectivity index (χ4n) is 1.21. The predicted octanol–water partition coefficient (Wildman–Crippen LogP) is 3.31. The van der Waals surface area contributed by atoms with E-state index in [-0.39, 0.29) is 0 Å². The molecule has 0 aliphatic carbocycles. The van der Waals surface area contributed by atoms with Gasteiger partial charge in [0.25, 0.3) is 0 Å². The van der Waals surface area contributed by atoms with E-state index in [1.165, 1.54) is 0 Å². The van der Waals surface area contributed by atoms with E-state index >= 15 is 0 Å². The van der Waals surface area contributed by atoms with E-state index in [0.717, 1.165) is 5.75 Å². The Morgan fingerprint density at radius 3 is 1.80 bits per heavy atom. The lowest BCUT2D eigenvalue weighted by Crippen LogP contribution is -1.89. The van der Waals surface area contributed by atoms with Crippen LogP contribution in [0.2, 0.25) is 0 Å². The second kappa shape index (κ2) is 7.20. The van der Waals surface area contributed by atoms with E-state index in [1.807, 2.05) is 30.3 Å². The van der Waals surface area contributed by atoms with Crippen molar-refractivity contribution in [3.05, 3.63) is 59.6 Å². The van der Waals surface area contributed by atoms with Gasteiger partial charge in [0.05, 0.1) is 0 Å². The van der Waals surface area contributed by atoms with Crippen molar-refractivity contribution < 1.29 is 22.3 Å². The molecule has 2 N–H and O–H groups in total. The monoisotopic (exact) mass is 295 g/mol. The van der Waals surface area contributed by atoms with Crippen LogP contribution in [0.25, 0.3) is 4.98 Å². The number of ether oxygens (including phenoxy) is 1. The Kier molecular flexibility index (Phi) is 5.61. The van der Waals surface area contributed by atoms with Crippen molar-refractivity contribution >= 4 is 16.1 Å². The van der Waals surface area contributed by atoms with E-state index < -0.39 is 10.4 Å². The Labute approximate surface area is 115 Å². The lowest BCUT2D eigenvalue weighted by atomic mass is 10.3. The Hall–Kier alpha value is -2.47. The van der Waals surface area contributed by atoms with Crippen molar-refractivity contribution in [2.45, 2.75) is 0 Å². The Morgan fingerprint density at radius 2 is 1.35 bits per heavy atom. The predicted molar refractivity (Wildman–Crippen MR) is 71.9 cm³/mol. The molecule has 7 nitrogen and oxygen atoms in total. The fraction of sp³-hybridized carbons (Fsp3) is 0. The second-order valence-corrected chi connectivity index (χ2v) is 4.35. The molecule has 0 aliphatic heterocycles. The van der Waals surface area contributed by atoms with Crippen LogP contribution in [0.4, 0.5) is 5.69 Å². The number of hydrogen-bond acceptors (Lipinski definition) is 4. The largest absolute Gasteiger partial charge is 0.457 e. The van der Waals surface area contributed by atoms with Gasteiger partial charge in [0, 0.05) is 12.1 Å². The third kappa shape index (κ3) is 7.07. The molecule has 0 saturated carbocycles. The summed E-state index contributed by atoms with van der Waals surface area (Å²) in [5, 5.41) is 8.50. The Bertz CT molecular complexity index is 670. The molecule has 0 fully saturated rings. The molecule has 0 bridgehead atoms. The minimum atomic E-state index is -4.67. The Balaban J connectivity index is 0.000000347. The number of hydrogen-bond donors (Lipinski definition) is 2. The number of para-hydroxylation sites is 1. The first-order chi connectivity index (χ1) is 9.38. The summed E-state index contributed by atoms with van der Waals surface area (Å²) in [4.78, 5) is 3.06. The summed E-state index contributed by atoms with van der Waals surface area (Å²) in [6.07, 6.45) is 0. The summed E-state index contributed by atoms with van der Waals surface area (Å²) in [5.41, 5.74) is 0.510. The molecule has 20 heavy (non-hydrogen) atoms. The molecule has 2 rings (SSSR count). The van der Waals surface area contributed by atoms with Crippen LogP contribution in [0.5, 0.6) is 11.5 Å². The van der Waals surface area contributed by atoms with Gasteiger partial charge >= 0.3 is 16.1 Å². The lowest BCUT2D eigenvalue weighted by molar-refractivity contribution is 0.381. The van der Waals surface area contributed by atoms with Crippen LogP contribution < -0.4 is 4.74 Å². The van der Waals surface area contributed by atoms with Gasteiger partial charge in [-0.2, -0.15) is 8.42 Å². The zero-order valence-electron chi connectivity index (χ0n) is 10.1. The summed E-state index contributed by atoms with van der Waals surface area (Å²) in [6.45, 7) is 0. The summed E-state index contributed by atoms with van der Waals surface area (Å²) in [7, 11) is -4.67. The van der Waals surface area contributed by atoms with E-state index in [1.54, 1.807) is 24.3 Å². The second-order valence-electron chi connectivity index (χ2n) is 3.46. The van der Waals surface area contributed by atoms with Crippen molar-refractivity contribution in [3.63, 3.8) is 0 Å². The van der Waals surface area contributed by atoms with Gasteiger partial charge in [-0.05, 0) is 24.3 Å². The average Bonchev–Trinajstić information content (AvgIpc) is 2.39. The van der Waals surface area contributed by atoms with Crippen molar-refractivity contribution in [2.75, 3.05) is 0 Å². The topological polar surface area (TPSA) is 112 Å². The van der Waals surface area contributed by atoms with E-state index in [0.29, 0.717) is 11.4 Å². The lowest BCUT2D eigenvalue weighted by Gasteiger charge is -2.03. The molecule has 0 heterocycles. The van der Waals surface area contributed by atoms with Crippen LogP contribution in [0, 0.1) is 5.39 Å². The highest BCUT2D eigenvalue weighted by Crippen LogP contribution is 2.23. The van der Waals surface area contributed by atoms with Crippen LogP contribution in [0.1, 0.15) is 0 Å². The first-order valence-electron chi connectivity index (χ1n) is 5.26. The average molecular weight is 295 g/mol. The fourth-order valence-corrected chi connectivity index (χ4v) is 1.21. The maximum Gasteiger partial charge on any atom is 0.394 e. The minimum absolute atomic E-state index is 0.510. The van der Waals surface area contributed by atoms with Crippen LogP contribution in [-0.2, 0) is 10.4 Å². The van der Waals surface area contributed by atoms with Crippen LogP contribution in [-0.4, -0.2) is 17.5 Å². The first-order valence-corrected chi connectivity index (χ1v) is 6.66. The molecule has 2 aromatic rings. The van der Waals surface area contributed by atoms with Gasteiger partial charge in [0.15, 0.2) is 4.98 Å². The molecule has 0 aliphatic rings. The van der Waals surface area contributed by atoms with Gasteiger partial charge in [-0.3, -0.25) is 9.11 Å². The Morgan fingerprint density at radius 1 is 0.900 bits per heavy atom. The third-order valence-electron chi connectivity index (χ3n) is 1.93. The first kappa shape index (κ1) is 15.6. The molecule has 0 unspecified atom stereocenters. The minimum Gasteiger partial charge on any atom is -0.457 e. The molecule has 0 saturated heterocycles. The van der Waals surface area contributed by atoms with E-state index in [2.05, 4.69) is 4.98 Å². The van der Waals surface area contributed by atoms with Gasteiger partial charge in [0.2, 0.25) is 5.39 Å². The highest BCUT2D eigenvalue weighted by atomic mass is 32.3. The van der Waals surface area contributed by atoms with Crippen LogP contribution in [0.3, 0.4) is 0 Å². The molecule has 0 spiro atoms. The normalized spacial score (nSPS) is 9.85. The summed E-state index contributed by atoms with van der Waals surface area (Å²) in [5.74, 6) is 1.50. The summed E-state index contributed by atoms with van der Waals surface area (Å²) < 4.78 is 37.1. The molecule has 0 atom stereocenters. The number of rotatable bonds is 2. The quantitative estimate of drug-likeness (QED) is 0.649. The maximum atomic E-state index is 8.74. The molecular formula is C12H11N2O5S+. The highest BCUT2D eigenvalue weighted by Gasteiger charge is 2.03. The standard InChI is InChI=1S/C12H9N2O.H2O4S/c13-14-10-6-8-12(9-7-10)15-11-4-2-1-3-5-11;1-5(2,3)4/h1-9H;(H2,1,2,3,4)/q+1;. The number of diazo groups is 1. The van der Waals surface area contributed by atoms with E-state index in [9.17, 15) is 0 Å². The van der Waals surface area contributed by atoms with Crippen molar-refractivity contribution in [1.29, 1.82) is 5.39 Å². The van der Waals surface area contributed by atoms with Crippen LogP contribution >= 0.6 is 0 Å². The van der Waals surface area contributed by atoms with Gasteiger partial charge in [-0.1, -0.05) is 18.2 Å². The van der Waals surface area contributed by atoms with Gasteiger partial charge in [0.1, 0.15) is 11.5 Å². The highest BCUT2D eigenvalue weighted by molar-refractivity contribution is 7.79. The molecular weight excluding hydrogens is 284 g/mol. The van der Waals surface area contributed by atoms with E-state index in [4.69, 9.17) is 27.7 Å². The van der Waals surface area contributed by atoms with Crippen LogP contribution in [0.15, 0.2) is 54.6 Å². The molecule has 0 aromatic heterocycles. The van der Waals surface area contributed by atoms with Gasteiger partial charge < -0.3 is 4.74 Å². The van der Waals surface area contributed by atoms with Gasteiger partial charge in [-0.15, -0.1) is 0 Å². The maximum absolute atomic E-state index is 8.74. The number of nitrogens with zero attached hydrogens (tertiary/aromatic N) is 2. The molecule has 0 amide bonds. The van der Waals surface area contributed by atoms with Crippen molar-refractivity contribution in [3.8, 4) is 11.5 Å². The third-order valence-corrected chi connectivity index (χ3v) is 1.93. The summed E-state index contributed by atoms with van der Waals surface area (Å²) >= 11 is 0. The SMILES string of the molecule is N#[N+]c1ccc(Oc2ccccc2)cc1.O=S(=O)(O)O. The summed E-state index contributed by atoms with van der Waals surface area (Å²) in [6, 6.07) is 16.4. The van der Waals surface area contributed by atoms with Gasteiger partial charge in [-0.25, -0.2) is 0 Å². The smallest absolute Gasteiger partial charge is 0.394 e. The zero-order chi connectivity index (χ0) is 15.0. The number of benzene rings is 2. The van der Waals surface area contributed by atoms with Crippen molar-refractivity contribution in [2.24, 2.45) is 0 Å². The molecule has 8 heteroatoms. The van der Waals surface area contributed by atoms with Crippen molar-refractivity contribution in [1.82, 2.24) is 0 Å². The molecule has 2 aromatic carbocycles. The molecule has 0 radical (unpaired) electrons.